The Kier molecular flexibility index (Phi) is 17.7. The van der Waals surface area contributed by atoms with Crippen molar-refractivity contribution in [1.29, 1.82) is 0 Å². The Morgan fingerprint density at radius 3 is 1.26 bits per heavy atom. The van der Waals surface area contributed by atoms with Gasteiger partial charge in [-0.2, -0.15) is 0 Å². The molecule has 0 heterocycles. The summed E-state index contributed by atoms with van der Waals surface area (Å²) in [7, 11) is -12.3. The van der Waals surface area contributed by atoms with E-state index in [1.807, 2.05) is 4.90 Å². The highest BCUT2D eigenvalue weighted by atomic mass is 31.2. The standard InChI is InChI=1S/C27H62N2O9P2Si2/c1-15-33-39(31,34-16-2)25(40(32,35-17-3)36-18-4)28-24(30)23-29(19-21-37-41(11,12)26(5,6)7)20-22-38-42(13,14)27(8,9)10/h25H,15-23H2,1-14H3,(H,28,30). The van der Waals surface area contributed by atoms with Gasteiger partial charge in [0.1, 0.15) is 0 Å². The molecule has 0 aliphatic heterocycles. The summed E-state index contributed by atoms with van der Waals surface area (Å²) < 4.78 is 62.4. The van der Waals surface area contributed by atoms with Crippen molar-refractivity contribution in [3.05, 3.63) is 0 Å². The van der Waals surface area contributed by atoms with Crippen LogP contribution < -0.4 is 5.32 Å². The molecule has 0 aromatic carbocycles. The first-order valence-corrected chi connectivity index (χ1v) is 24.2. The monoisotopic (exact) mass is 676 g/mol. The van der Waals surface area contributed by atoms with E-state index in [2.05, 4.69) is 73.0 Å². The number of rotatable bonds is 21. The van der Waals surface area contributed by atoms with Crippen molar-refractivity contribution in [2.24, 2.45) is 0 Å². The molecule has 0 unspecified atom stereocenters. The number of carbonyl (C=O) groups excluding carboxylic acids is 1. The summed E-state index contributed by atoms with van der Waals surface area (Å²) in [6.07, 6.45) is 0. The third-order valence-electron chi connectivity index (χ3n) is 7.85. The molecular formula is C27H62N2O9P2Si2. The zero-order valence-corrected chi connectivity index (χ0v) is 32.7. The van der Waals surface area contributed by atoms with Crippen LogP contribution in [0.5, 0.6) is 0 Å². The smallest absolute Gasteiger partial charge is 0.365 e. The van der Waals surface area contributed by atoms with Gasteiger partial charge in [-0.1, -0.05) is 41.5 Å². The molecule has 0 fully saturated rings. The predicted octanol–water partition coefficient (Wildman–Crippen LogP) is 7.26. The van der Waals surface area contributed by atoms with E-state index in [1.54, 1.807) is 27.7 Å². The van der Waals surface area contributed by atoms with Gasteiger partial charge in [-0.25, -0.2) is 0 Å². The number of nitrogens with zero attached hydrogens (tertiary/aromatic N) is 1. The van der Waals surface area contributed by atoms with Crippen molar-refractivity contribution >= 4 is 37.7 Å². The lowest BCUT2D eigenvalue weighted by molar-refractivity contribution is -0.122. The van der Waals surface area contributed by atoms with Crippen LogP contribution >= 0.6 is 15.2 Å². The molecule has 0 saturated carbocycles. The SMILES string of the molecule is CCOP(=O)(OCC)C(NC(=O)CN(CCO[Si](C)(C)C(C)(C)C)CCO[Si](C)(C)C(C)(C)C)P(=O)(OCC)OCC. The highest BCUT2D eigenvalue weighted by molar-refractivity contribution is 7.72. The average molecular weight is 677 g/mol. The molecule has 11 nitrogen and oxygen atoms in total. The van der Waals surface area contributed by atoms with Gasteiger partial charge in [-0.05, 0) is 64.0 Å². The molecule has 0 saturated heterocycles. The van der Waals surface area contributed by atoms with Gasteiger partial charge in [0.05, 0.1) is 33.0 Å². The maximum atomic E-state index is 13.8. The van der Waals surface area contributed by atoms with Crippen molar-refractivity contribution in [3.63, 3.8) is 0 Å². The second-order valence-electron chi connectivity index (χ2n) is 13.2. The van der Waals surface area contributed by atoms with Crippen LogP contribution in [0, 0.1) is 0 Å². The van der Waals surface area contributed by atoms with Gasteiger partial charge in [0.25, 0.3) is 0 Å². The Hall–Kier alpha value is 0.0838. The van der Waals surface area contributed by atoms with Crippen molar-refractivity contribution in [2.45, 2.75) is 111 Å². The summed E-state index contributed by atoms with van der Waals surface area (Å²) in [6.45, 7) is 30.3. The first kappa shape index (κ1) is 42.1. The lowest BCUT2D eigenvalue weighted by atomic mass is 10.2. The lowest BCUT2D eigenvalue weighted by Crippen LogP contribution is -2.47. The topological polar surface area (TPSA) is 122 Å². The Bertz CT molecular complexity index is 827. The molecule has 0 aromatic heterocycles. The normalized spacial score (nSPS) is 14.2. The van der Waals surface area contributed by atoms with E-state index >= 15 is 0 Å². The number of nitrogens with one attached hydrogen (secondary N) is 1. The minimum atomic E-state index is -4.13. The molecule has 42 heavy (non-hydrogen) atoms. The van der Waals surface area contributed by atoms with Crippen LogP contribution in [0.1, 0.15) is 69.2 Å². The summed E-state index contributed by atoms with van der Waals surface area (Å²) in [5, 5.41) is 2.76. The fourth-order valence-corrected chi connectivity index (χ4v) is 10.4. The van der Waals surface area contributed by atoms with Crippen molar-refractivity contribution < 1.29 is 40.9 Å². The third-order valence-corrected chi connectivity index (χ3v) is 22.5. The Labute approximate surface area is 258 Å². The van der Waals surface area contributed by atoms with Gasteiger partial charge >= 0.3 is 15.2 Å². The van der Waals surface area contributed by atoms with E-state index in [1.165, 1.54) is 0 Å². The molecule has 0 atom stereocenters. The molecule has 1 N–H and O–H groups in total. The molecule has 0 bridgehead atoms. The molecule has 0 spiro atoms. The largest absolute Gasteiger partial charge is 0.416 e. The Balaban J connectivity index is 6.09. The van der Waals surface area contributed by atoms with Crippen molar-refractivity contribution in [3.8, 4) is 0 Å². The molecule has 1 amide bonds. The van der Waals surface area contributed by atoms with Gasteiger partial charge in [-0.3, -0.25) is 18.8 Å². The zero-order valence-electron chi connectivity index (χ0n) is 29.0. The maximum Gasteiger partial charge on any atom is 0.365 e. The Morgan fingerprint density at radius 1 is 0.690 bits per heavy atom. The second-order valence-corrected chi connectivity index (χ2v) is 27.4. The van der Waals surface area contributed by atoms with Gasteiger partial charge < -0.3 is 32.3 Å². The van der Waals surface area contributed by atoms with Crippen LogP contribution in [0.25, 0.3) is 0 Å². The quantitative estimate of drug-likeness (QED) is 0.0982. The predicted molar refractivity (Wildman–Crippen MR) is 176 cm³/mol. The van der Waals surface area contributed by atoms with Crippen molar-refractivity contribution in [2.75, 3.05) is 59.3 Å². The van der Waals surface area contributed by atoms with Crippen LogP contribution in [-0.4, -0.2) is 92.2 Å². The molecule has 15 heteroatoms. The van der Waals surface area contributed by atoms with Gasteiger partial charge in [-0.15, -0.1) is 0 Å². The van der Waals surface area contributed by atoms with E-state index in [4.69, 9.17) is 26.9 Å². The third kappa shape index (κ3) is 13.2. The number of carbonyl (C=O) groups is 1. The van der Waals surface area contributed by atoms with Crippen LogP contribution in [0.2, 0.25) is 36.3 Å². The van der Waals surface area contributed by atoms with E-state index in [0.29, 0.717) is 26.3 Å². The fourth-order valence-electron chi connectivity index (χ4n) is 3.36. The molecule has 0 rings (SSSR count). The highest BCUT2D eigenvalue weighted by Gasteiger charge is 2.52. The van der Waals surface area contributed by atoms with E-state index in [9.17, 15) is 13.9 Å². The van der Waals surface area contributed by atoms with Gasteiger partial charge in [0, 0.05) is 26.3 Å². The number of hydrogen-bond donors (Lipinski definition) is 1. The summed E-state index contributed by atoms with van der Waals surface area (Å²) in [4.78, 5) is 15.5. The van der Waals surface area contributed by atoms with E-state index < -0.39 is 43.3 Å². The van der Waals surface area contributed by atoms with E-state index in [0.717, 1.165) is 0 Å². The molecule has 0 radical (unpaired) electrons. The molecule has 0 aliphatic rings. The summed E-state index contributed by atoms with van der Waals surface area (Å²) in [5.41, 5.74) is -1.62. The highest BCUT2D eigenvalue weighted by Crippen LogP contribution is 2.69. The first-order chi connectivity index (χ1) is 19.1. The molecule has 0 aliphatic carbocycles. The van der Waals surface area contributed by atoms with Crippen LogP contribution in [0.3, 0.4) is 0 Å². The summed E-state index contributed by atoms with van der Waals surface area (Å²) in [5.74, 6) is -0.515. The second kappa shape index (κ2) is 17.7. The first-order valence-electron chi connectivity index (χ1n) is 15.1. The minimum Gasteiger partial charge on any atom is -0.416 e. The van der Waals surface area contributed by atoms with Crippen LogP contribution in [0.15, 0.2) is 0 Å². The molecular weight excluding hydrogens is 614 g/mol. The fraction of sp³-hybridized carbons (Fsp3) is 0.963. The Morgan fingerprint density at radius 2 is 1.00 bits per heavy atom. The van der Waals surface area contributed by atoms with Gasteiger partial charge in [0.15, 0.2) is 16.6 Å². The van der Waals surface area contributed by atoms with Gasteiger partial charge in [0.2, 0.25) is 11.4 Å². The maximum absolute atomic E-state index is 13.8. The number of hydrogen-bond acceptors (Lipinski definition) is 10. The average Bonchev–Trinajstić information content (AvgIpc) is 2.81. The van der Waals surface area contributed by atoms with Crippen molar-refractivity contribution in [1.82, 2.24) is 10.2 Å². The minimum absolute atomic E-state index is 0.0175. The summed E-state index contributed by atoms with van der Waals surface area (Å²) in [6, 6.07) is 0. The van der Waals surface area contributed by atoms with E-state index in [-0.39, 0.29) is 43.0 Å². The lowest BCUT2D eigenvalue weighted by Gasteiger charge is -2.38. The zero-order chi connectivity index (χ0) is 33.0. The summed E-state index contributed by atoms with van der Waals surface area (Å²) >= 11 is 0. The molecule has 0 aromatic rings. The molecule has 252 valence electrons. The van der Waals surface area contributed by atoms with Crippen LogP contribution in [-0.2, 0) is 40.9 Å². The number of amides is 1. The van der Waals surface area contributed by atoms with Crippen LogP contribution in [0.4, 0.5) is 0 Å².